The first-order chi connectivity index (χ1) is 6.56. The summed E-state index contributed by atoms with van der Waals surface area (Å²) >= 11 is 16.8. The molecule has 0 N–H and O–H groups in total. The number of hydrogen-bond acceptors (Lipinski definition) is 2. The van der Waals surface area contributed by atoms with E-state index in [-0.39, 0.29) is 0 Å². The minimum absolute atomic E-state index is 0.365. The second-order valence-corrected chi connectivity index (χ2v) is 3.78. The van der Waals surface area contributed by atoms with E-state index in [0.29, 0.717) is 15.6 Å². The van der Waals surface area contributed by atoms with Crippen molar-refractivity contribution in [3.8, 4) is 0 Å². The molecule has 0 bridgehead atoms. The molecule has 14 heavy (non-hydrogen) atoms. The Hall–Kier alpha value is -0.280. The summed E-state index contributed by atoms with van der Waals surface area (Å²) in [7, 11) is 1.40. The zero-order valence-corrected chi connectivity index (χ0v) is 9.53. The van der Waals surface area contributed by atoms with E-state index in [1.807, 2.05) is 0 Å². The molecular weight excluding hydrogens is 246 g/mol. The molecule has 1 aromatic rings. The summed E-state index contributed by atoms with van der Waals surface area (Å²) in [4.78, 5) is 10.9. The molecule has 0 saturated heterocycles. The third kappa shape index (κ3) is 2.61. The molecule has 0 unspecified atom stereocenters. The SMILES string of the molecule is CO[C@@H](C(=O)Cl)c1ccc(Cl)c(Cl)c1. The smallest absolute Gasteiger partial charge is 0.255 e. The zero-order chi connectivity index (χ0) is 10.7. The minimum Gasteiger partial charge on any atom is -0.368 e. The van der Waals surface area contributed by atoms with Crippen LogP contribution in [0.5, 0.6) is 0 Å². The largest absolute Gasteiger partial charge is 0.368 e. The molecule has 0 amide bonds. The van der Waals surface area contributed by atoms with E-state index in [9.17, 15) is 4.79 Å². The highest BCUT2D eigenvalue weighted by Crippen LogP contribution is 2.27. The van der Waals surface area contributed by atoms with Crippen molar-refractivity contribution in [1.82, 2.24) is 0 Å². The second-order valence-electron chi connectivity index (χ2n) is 2.59. The standard InChI is InChI=1S/C9H7Cl3O2/c1-14-8(9(12)13)5-2-3-6(10)7(11)4-5/h2-4,8H,1H3/t8-/m1/s1. The van der Waals surface area contributed by atoms with Gasteiger partial charge in [0, 0.05) is 7.11 Å². The summed E-state index contributed by atoms with van der Waals surface area (Å²) in [6.07, 6.45) is -0.800. The normalized spacial score (nSPS) is 12.6. The number of methoxy groups -OCH3 is 1. The van der Waals surface area contributed by atoms with Crippen LogP contribution in [0.4, 0.5) is 0 Å². The van der Waals surface area contributed by atoms with Crippen LogP contribution in [0.25, 0.3) is 0 Å². The summed E-state index contributed by atoms with van der Waals surface area (Å²) in [6.45, 7) is 0. The highest BCUT2D eigenvalue weighted by atomic mass is 35.5. The van der Waals surface area contributed by atoms with Gasteiger partial charge in [-0.15, -0.1) is 0 Å². The fraction of sp³-hybridized carbons (Fsp3) is 0.222. The molecule has 0 aliphatic heterocycles. The van der Waals surface area contributed by atoms with Crippen LogP contribution in [-0.4, -0.2) is 12.4 Å². The molecule has 1 atom stereocenters. The maximum Gasteiger partial charge on any atom is 0.255 e. The van der Waals surface area contributed by atoms with Crippen LogP contribution < -0.4 is 0 Å². The number of hydrogen-bond donors (Lipinski definition) is 0. The highest BCUT2D eigenvalue weighted by molar-refractivity contribution is 6.64. The average Bonchev–Trinajstić information content (AvgIpc) is 2.11. The van der Waals surface area contributed by atoms with Crippen LogP contribution in [-0.2, 0) is 9.53 Å². The lowest BCUT2D eigenvalue weighted by molar-refractivity contribution is -0.121. The lowest BCUT2D eigenvalue weighted by Crippen LogP contribution is -2.08. The summed E-state index contributed by atoms with van der Waals surface area (Å²) in [5.74, 6) is 0. The minimum atomic E-state index is -0.800. The van der Waals surface area contributed by atoms with Gasteiger partial charge in [-0.25, -0.2) is 0 Å². The first-order valence-electron chi connectivity index (χ1n) is 3.73. The van der Waals surface area contributed by atoms with E-state index < -0.39 is 11.3 Å². The van der Waals surface area contributed by atoms with Gasteiger partial charge in [-0.1, -0.05) is 29.3 Å². The van der Waals surface area contributed by atoms with Gasteiger partial charge in [0.2, 0.25) is 0 Å². The third-order valence-electron chi connectivity index (χ3n) is 1.69. The summed E-state index contributed by atoms with van der Waals surface area (Å²) in [5, 5.41) is 0.197. The van der Waals surface area contributed by atoms with E-state index in [0.717, 1.165) is 0 Å². The monoisotopic (exact) mass is 252 g/mol. The van der Waals surface area contributed by atoms with E-state index in [1.165, 1.54) is 7.11 Å². The van der Waals surface area contributed by atoms with Crippen molar-refractivity contribution >= 4 is 40.0 Å². The first kappa shape index (κ1) is 11.8. The zero-order valence-electron chi connectivity index (χ0n) is 7.26. The third-order valence-corrected chi connectivity index (χ3v) is 2.63. The molecule has 0 saturated carbocycles. The molecule has 1 aromatic carbocycles. The van der Waals surface area contributed by atoms with Gasteiger partial charge in [0.05, 0.1) is 10.0 Å². The number of ether oxygens (including phenoxy) is 1. The number of rotatable bonds is 3. The molecule has 0 aliphatic carbocycles. The van der Waals surface area contributed by atoms with E-state index in [4.69, 9.17) is 39.5 Å². The van der Waals surface area contributed by atoms with Gasteiger partial charge in [0.15, 0.2) is 6.10 Å². The Bertz CT molecular complexity index is 352. The Morgan fingerprint density at radius 3 is 2.43 bits per heavy atom. The van der Waals surface area contributed by atoms with Crippen LogP contribution in [0.1, 0.15) is 11.7 Å². The fourth-order valence-corrected chi connectivity index (χ4v) is 1.56. The van der Waals surface area contributed by atoms with Crippen LogP contribution in [0.3, 0.4) is 0 Å². The van der Waals surface area contributed by atoms with Crippen molar-refractivity contribution in [3.63, 3.8) is 0 Å². The maximum absolute atomic E-state index is 10.9. The Morgan fingerprint density at radius 2 is 2.00 bits per heavy atom. The lowest BCUT2D eigenvalue weighted by atomic mass is 10.1. The molecule has 5 heteroatoms. The number of halogens is 3. The van der Waals surface area contributed by atoms with Crippen LogP contribution in [0, 0.1) is 0 Å². The van der Waals surface area contributed by atoms with Crippen LogP contribution >= 0.6 is 34.8 Å². The van der Waals surface area contributed by atoms with Crippen molar-refractivity contribution in [2.24, 2.45) is 0 Å². The van der Waals surface area contributed by atoms with Crippen molar-refractivity contribution in [3.05, 3.63) is 33.8 Å². The molecule has 2 nitrogen and oxygen atoms in total. The number of benzene rings is 1. The van der Waals surface area contributed by atoms with Gasteiger partial charge >= 0.3 is 0 Å². The Morgan fingerprint density at radius 1 is 1.36 bits per heavy atom. The maximum atomic E-state index is 10.9. The van der Waals surface area contributed by atoms with E-state index in [2.05, 4.69) is 0 Å². The molecule has 0 aromatic heterocycles. The Balaban J connectivity index is 3.06. The van der Waals surface area contributed by atoms with Gasteiger partial charge in [0.1, 0.15) is 0 Å². The topological polar surface area (TPSA) is 26.3 Å². The van der Waals surface area contributed by atoms with Crippen molar-refractivity contribution in [2.45, 2.75) is 6.10 Å². The summed E-state index contributed by atoms with van der Waals surface area (Å²) in [6, 6.07) is 4.78. The molecular formula is C9H7Cl3O2. The van der Waals surface area contributed by atoms with Crippen molar-refractivity contribution < 1.29 is 9.53 Å². The van der Waals surface area contributed by atoms with Crippen molar-refractivity contribution in [2.75, 3.05) is 7.11 Å². The van der Waals surface area contributed by atoms with E-state index >= 15 is 0 Å². The Labute approximate surface area is 96.7 Å². The average molecular weight is 254 g/mol. The van der Waals surface area contributed by atoms with Crippen molar-refractivity contribution in [1.29, 1.82) is 0 Å². The molecule has 0 spiro atoms. The highest BCUT2D eigenvalue weighted by Gasteiger charge is 2.18. The predicted octanol–water partition coefficient (Wildman–Crippen LogP) is 3.45. The molecule has 0 heterocycles. The second kappa shape index (κ2) is 4.99. The molecule has 0 fully saturated rings. The number of carbonyl (C=O) groups is 1. The van der Waals surface area contributed by atoms with Crippen LogP contribution in [0.15, 0.2) is 18.2 Å². The van der Waals surface area contributed by atoms with Gasteiger partial charge in [-0.2, -0.15) is 0 Å². The quantitative estimate of drug-likeness (QED) is 0.771. The summed E-state index contributed by atoms with van der Waals surface area (Å²) in [5.41, 5.74) is 0.585. The van der Waals surface area contributed by atoms with Gasteiger partial charge in [-0.05, 0) is 29.3 Å². The summed E-state index contributed by atoms with van der Waals surface area (Å²) < 4.78 is 4.91. The van der Waals surface area contributed by atoms with Gasteiger partial charge in [-0.3, -0.25) is 4.79 Å². The molecule has 0 radical (unpaired) electrons. The predicted molar refractivity (Wildman–Crippen MR) is 57.1 cm³/mol. The molecule has 1 rings (SSSR count). The van der Waals surface area contributed by atoms with E-state index in [1.54, 1.807) is 18.2 Å². The number of carbonyl (C=O) groups excluding carboxylic acids is 1. The lowest BCUT2D eigenvalue weighted by Gasteiger charge is -2.11. The van der Waals surface area contributed by atoms with Crippen LogP contribution in [0.2, 0.25) is 10.0 Å². The molecule has 76 valence electrons. The van der Waals surface area contributed by atoms with Gasteiger partial charge < -0.3 is 4.74 Å². The molecule has 0 aliphatic rings. The van der Waals surface area contributed by atoms with Gasteiger partial charge in [0.25, 0.3) is 5.24 Å². The Kier molecular flexibility index (Phi) is 4.20. The fourth-order valence-electron chi connectivity index (χ4n) is 1.04. The first-order valence-corrected chi connectivity index (χ1v) is 4.86.